The number of hydrogen-bond acceptors (Lipinski definition) is 1. The minimum Gasteiger partial charge on any atom is -0.353 e. The van der Waals surface area contributed by atoms with E-state index >= 15 is 0 Å². The Bertz CT molecular complexity index is 681. The number of aromatic nitrogens is 1. The molecule has 1 aliphatic heterocycles. The Hall–Kier alpha value is -2.09. The number of rotatable bonds is 6. The second-order valence-electron chi connectivity index (χ2n) is 5.72. The molecule has 2 aromatic rings. The molecule has 2 heteroatoms. The lowest BCUT2D eigenvalue weighted by molar-refractivity contribution is 0.564. The summed E-state index contributed by atoms with van der Waals surface area (Å²) in [6.07, 6.45) is 8.07. The summed E-state index contributed by atoms with van der Waals surface area (Å²) < 4.78 is 0. The van der Waals surface area contributed by atoms with Gasteiger partial charge in [-0.1, -0.05) is 30.4 Å². The summed E-state index contributed by atoms with van der Waals surface area (Å²) in [6, 6.07) is 8.55. The summed E-state index contributed by atoms with van der Waals surface area (Å²) in [5.41, 5.74) is 5.13. The van der Waals surface area contributed by atoms with Crippen molar-refractivity contribution in [3.05, 3.63) is 60.8 Å². The third-order valence-corrected chi connectivity index (χ3v) is 4.25. The van der Waals surface area contributed by atoms with E-state index in [2.05, 4.69) is 42.4 Å². The maximum atomic E-state index is 4.79. The lowest BCUT2D eigenvalue weighted by Crippen LogP contribution is -2.16. The first-order valence-corrected chi connectivity index (χ1v) is 7.68. The van der Waals surface area contributed by atoms with Crippen LogP contribution in [0.1, 0.15) is 30.5 Å². The molecule has 0 unspecified atom stereocenters. The van der Waals surface area contributed by atoms with Crippen LogP contribution in [0.3, 0.4) is 0 Å². The molecule has 1 N–H and O–H groups in total. The van der Waals surface area contributed by atoms with Crippen LogP contribution in [-0.2, 0) is 6.42 Å². The van der Waals surface area contributed by atoms with E-state index in [1.54, 1.807) is 0 Å². The van der Waals surface area contributed by atoms with Gasteiger partial charge in [-0.25, -0.2) is 0 Å². The highest BCUT2D eigenvalue weighted by molar-refractivity contribution is 6.06. The van der Waals surface area contributed by atoms with Gasteiger partial charge in [-0.05, 0) is 43.2 Å². The Morgan fingerprint density at radius 1 is 1.19 bits per heavy atom. The van der Waals surface area contributed by atoms with Gasteiger partial charge in [0.15, 0.2) is 0 Å². The number of aromatic amines is 1. The minimum atomic E-state index is 0.552. The molecule has 0 saturated carbocycles. The third kappa shape index (κ3) is 2.71. The van der Waals surface area contributed by atoms with Gasteiger partial charge in [0.2, 0.25) is 0 Å². The molecular formula is C19H22N2. The van der Waals surface area contributed by atoms with E-state index in [9.17, 15) is 0 Å². The van der Waals surface area contributed by atoms with Crippen LogP contribution in [0.15, 0.2) is 54.6 Å². The molecule has 0 radical (unpaired) electrons. The summed E-state index contributed by atoms with van der Waals surface area (Å²) in [5.74, 6) is 0.552. The molecular weight excluding hydrogens is 256 g/mol. The number of benzene rings is 1. The highest BCUT2D eigenvalue weighted by Crippen LogP contribution is 2.29. The molecule has 0 spiro atoms. The number of nitrogens with one attached hydrogen (secondary N) is 1. The van der Waals surface area contributed by atoms with E-state index in [0.29, 0.717) is 5.92 Å². The van der Waals surface area contributed by atoms with Gasteiger partial charge in [0.25, 0.3) is 0 Å². The highest BCUT2D eigenvalue weighted by Gasteiger charge is 2.21. The van der Waals surface area contributed by atoms with Crippen molar-refractivity contribution < 1.29 is 0 Å². The maximum Gasteiger partial charge on any atom is 0.0638 e. The van der Waals surface area contributed by atoms with Crippen molar-refractivity contribution in [2.24, 2.45) is 10.9 Å². The second kappa shape index (κ2) is 6.13. The Labute approximate surface area is 126 Å². The number of fused-ring (bicyclic) bond motifs is 3. The monoisotopic (exact) mass is 278 g/mol. The van der Waals surface area contributed by atoms with Crippen molar-refractivity contribution in [3.63, 3.8) is 0 Å². The predicted molar refractivity (Wildman–Crippen MR) is 91.1 cm³/mol. The van der Waals surface area contributed by atoms with E-state index in [1.165, 1.54) is 27.9 Å². The molecule has 1 aromatic carbocycles. The Balaban J connectivity index is 1.93. The summed E-state index contributed by atoms with van der Waals surface area (Å²) in [4.78, 5) is 8.36. The fourth-order valence-electron chi connectivity index (χ4n) is 3.26. The summed E-state index contributed by atoms with van der Waals surface area (Å²) in [7, 11) is 0. The van der Waals surface area contributed by atoms with E-state index < -0.39 is 0 Å². The first kappa shape index (κ1) is 13.9. The van der Waals surface area contributed by atoms with Crippen LogP contribution in [0.5, 0.6) is 0 Å². The van der Waals surface area contributed by atoms with Crippen LogP contribution in [0, 0.1) is 5.92 Å². The van der Waals surface area contributed by atoms with Gasteiger partial charge < -0.3 is 4.98 Å². The van der Waals surface area contributed by atoms with Gasteiger partial charge in [0.1, 0.15) is 0 Å². The maximum absolute atomic E-state index is 4.79. The first-order valence-electron chi connectivity index (χ1n) is 7.68. The van der Waals surface area contributed by atoms with Gasteiger partial charge in [0.05, 0.1) is 11.4 Å². The second-order valence-corrected chi connectivity index (χ2v) is 5.72. The van der Waals surface area contributed by atoms with Crippen LogP contribution in [-0.4, -0.2) is 17.2 Å². The smallest absolute Gasteiger partial charge is 0.0638 e. The van der Waals surface area contributed by atoms with Crippen molar-refractivity contribution in [1.82, 2.24) is 4.98 Å². The SMILES string of the molecule is C=CCC(CC=C)CC1=NCCc2c1[nH]c1ccccc21. The lowest BCUT2D eigenvalue weighted by Gasteiger charge is -2.18. The fourth-order valence-corrected chi connectivity index (χ4v) is 3.26. The number of aliphatic imine (C=N–C) groups is 1. The summed E-state index contributed by atoms with van der Waals surface area (Å²) in [6.45, 7) is 8.65. The zero-order valence-electron chi connectivity index (χ0n) is 12.4. The largest absolute Gasteiger partial charge is 0.353 e. The molecule has 0 bridgehead atoms. The number of para-hydroxylation sites is 1. The molecule has 21 heavy (non-hydrogen) atoms. The van der Waals surface area contributed by atoms with Crippen molar-refractivity contribution >= 4 is 16.6 Å². The molecule has 1 aliphatic rings. The molecule has 108 valence electrons. The van der Waals surface area contributed by atoms with E-state index in [1.807, 2.05) is 12.2 Å². The topological polar surface area (TPSA) is 28.1 Å². The Morgan fingerprint density at radius 2 is 1.95 bits per heavy atom. The van der Waals surface area contributed by atoms with Crippen LogP contribution in [0.2, 0.25) is 0 Å². The van der Waals surface area contributed by atoms with E-state index in [4.69, 9.17) is 4.99 Å². The fraction of sp³-hybridized carbons (Fsp3) is 0.316. The molecule has 0 atom stereocenters. The third-order valence-electron chi connectivity index (χ3n) is 4.25. The molecule has 3 rings (SSSR count). The molecule has 0 fully saturated rings. The van der Waals surface area contributed by atoms with Gasteiger partial charge in [0, 0.05) is 17.4 Å². The molecule has 2 nitrogen and oxygen atoms in total. The number of H-pyrrole nitrogens is 1. The standard InChI is InChI=1S/C19H22N2/c1-3-7-14(8-4-2)13-18-19-16(11-12-20-18)15-9-5-6-10-17(15)21-19/h3-6,9-10,14,21H,1-2,7-8,11-13H2. The van der Waals surface area contributed by atoms with Crippen molar-refractivity contribution in [3.8, 4) is 0 Å². The number of hydrogen-bond donors (Lipinski definition) is 1. The summed E-state index contributed by atoms with van der Waals surface area (Å²) in [5, 5.41) is 1.35. The molecule has 0 aliphatic carbocycles. The molecule has 0 saturated heterocycles. The van der Waals surface area contributed by atoms with Gasteiger partial charge in [-0.2, -0.15) is 0 Å². The predicted octanol–water partition coefficient (Wildman–Crippen LogP) is 4.67. The number of allylic oxidation sites excluding steroid dienone is 2. The van der Waals surface area contributed by atoms with Crippen molar-refractivity contribution in [1.29, 1.82) is 0 Å². The van der Waals surface area contributed by atoms with Gasteiger partial charge in [-0.15, -0.1) is 13.2 Å². The van der Waals surface area contributed by atoms with Crippen LogP contribution < -0.4 is 0 Å². The normalized spacial score (nSPS) is 14.0. The highest BCUT2D eigenvalue weighted by atomic mass is 14.8. The Kier molecular flexibility index (Phi) is 4.05. The zero-order chi connectivity index (χ0) is 14.7. The van der Waals surface area contributed by atoms with Crippen LogP contribution in [0.4, 0.5) is 0 Å². The van der Waals surface area contributed by atoms with E-state index in [0.717, 1.165) is 32.2 Å². The lowest BCUT2D eigenvalue weighted by atomic mass is 9.91. The average molecular weight is 278 g/mol. The van der Waals surface area contributed by atoms with Crippen LogP contribution in [0.25, 0.3) is 10.9 Å². The summed E-state index contributed by atoms with van der Waals surface area (Å²) >= 11 is 0. The molecule has 2 heterocycles. The first-order chi connectivity index (χ1) is 10.3. The molecule has 1 aromatic heterocycles. The van der Waals surface area contributed by atoms with Gasteiger partial charge >= 0.3 is 0 Å². The number of nitrogens with zero attached hydrogens (tertiary/aromatic N) is 1. The average Bonchev–Trinajstić information content (AvgIpc) is 2.88. The van der Waals surface area contributed by atoms with Crippen molar-refractivity contribution in [2.75, 3.05) is 6.54 Å². The quantitative estimate of drug-likeness (QED) is 0.744. The van der Waals surface area contributed by atoms with Crippen molar-refractivity contribution in [2.45, 2.75) is 25.7 Å². The molecule has 0 amide bonds. The van der Waals surface area contributed by atoms with Crippen LogP contribution >= 0.6 is 0 Å². The Morgan fingerprint density at radius 3 is 2.71 bits per heavy atom. The zero-order valence-corrected chi connectivity index (χ0v) is 12.4. The minimum absolute atomic E-state index is 0.552. The van der Waals surface area contributed by atoms with E-state index in [-0.39, 0.29) is 0 Å². The van der Waals surface area contributed by atoms with Gasteiger partial charge in [-0.3, -0.25) is 4.99 Å².